The summed E-state index contributed by atoms with van der Waals surface area (Å²) in [6.45, 7) is 1.43. The third kappa shape index (κ3) is 3.52. The highest BCUT2D eigenvalue weighted by Gasteiger charge is 2.22. The molecule has 1 aromatic heterocycles. The number of amides is 1. The second-order valence-corrected chi connectivity index (χ2v) is 6.17. The number of nitrogens with zero attached hydrogens (tertiary/aromatic N) is 2. The number of nitrogens with one attached hydrogen (secondary N) is 1. The van der Waals surface area contributed by atoms with Crippen LogP contribution in [-0.4, -0.2) is 32.6 Å². The zero-order valence-electron chi connectivity index (χ0n) is 9.29. The number of carbonyl (C=O) groups excluding carboxylic acids is 1. The number of thioether (sulfide) groups is 1. The molecule has 0 saturated carbocycles. The van der Waals surface area contributed by atoms with E-state index in [4.69, 9.17) is 0 Å². The zero-order valence-corrected chi connectivity index (χ0v) is 10.9. The van der Waals surface area contributed by atoms with Gasteiger partial charge in [-0.05, 0) is 12.8 Å². The summed E-state index contributed by atoms with van der Waals surface area (Å²) in [6, 6.07) is 0. The van der Waals surface area contributed by atoms with E-state index in [9.17, 15) is 9.90 Å². The summed E-state index contributed by atoms with van der Waals surface area (Å²) < 4.78 is 0.771. The lowest BCUT2D eigenvalue weighted by Crippen LogP contribution is -2.23. The van der Waals surface area contributed by atoms with Crippen molar-refractivity contribution in [3.8, 4) is 0 Å². The van der Waals surface area contributed by atoms with Gasteiger partial charge >= 0.3 is 0 Å². The largest absolute Gasteiger partial charge is 0.388 e. The Balaban J connectivity index is 1.96. The van der Waals surface area contributed by atoms with Crippen molar-refractivity contribution in [3.63, 3.8) is 0 Å². The van der Waals surface area contributed by atoms with E-state index in [0.29, 0.717) is 5.13 Å². The zero-order chi connectivity index (χ0) is 12.3. The molecule has 17 heavy (non-hydrogen) atoms. The summed E-state index contributed by atoms with van der Waals surface area (Å²) in [5.41, 5.74) is 0. The number of aromatic nitrogens is 2. The fourth-order valence-electron chi connectivity index (χ4n) is 1.51. The molecule has 1 aliphatic carbocycles. The summed E-state index contributed by atoms with van der Waals surface area (Å²) in [7, 11) is 0. The van der Waals surface area contributed by atoms with E-state index in [1.54, 1.807) is 0 Å². The molecule has 0 aromatic carbocycles. The molecule has 1 unspecified atom stereocenters. The molecule has 1 amide bonds. The van der Waals surface area contributed by atoms with Gasteiger partial charge in [-0.2, -0.15) is 0 Å². The van der Waals surface area contributed by atoms with Crippen LogP contribution in [0.5, 0.6) is 0 Å². The third-order valence-electron chi connectivity index (χ3n) is 2.27. The summed E-state index contributed by atoms with van der Waals surface area (Å²) in [6.07, 6.45) is 5.28. The van der Waals surface area contributed by atoms with E-state index in [1.165, 1.54) is 30.0 Å². The highest BCUT2D eigenvalue weighted by atomic mass is 32.2. The van der Waals surface area contributed by atoms with Gasteiger partial charge in [-0.25, -0.2) is 0 Å². The van der Waals surface area contributed by atoms with Gasteiger partial charge in [-0.1, -0.05) is 35.3 Å². The Bertz CT molecular complexity index is 433. The van der Waals surface area contributed by atoms with E-state index >= 15 is 0 Å². The van der Waals surface area contributed by atoms with Crippen molar-refractivity contribution in [2.75, 3.05) is 5.32 Å². The van der Waals surface area contributed by atoms with Gasteiger partial charge < -0.3 is 10.4 Å². The van der Waals surface area contributed by atoms with Gasteiger partial charge in [-0.15, -0.1) is 10.2 Å². The summed E-state index contributed by atoms with van der Waals surface area (Å²) in [5, 5.41) is 20.8. The molecule has 0 radical (unpaired) electrons. The molecule has 0 fully saturated rings. The minimum absolute atomic E-state index is 0.123. The molecule has 92 valence electrons. The maximum Gasteiger partial charge on any atom is 0.223 e. The SMILES string of the molecule is CC(=O)Nc1nnc(S[C@@H]2CCC=CC2O)s1. The highest BCUT2D eigenvalue weighted by molar-refractivity contribution is 8.01. The average Bonchev–Trinajstić information content (AvgIpc) is 2.68. The molecule has 2 N–H and O–H groups in total. The van der Waals surface area contributed by atoms with Gasteiger partial charge in [0.05, 0.1) is 6.10 Å². The maximum atomic E-state index is 10.8. The molecule has 0 spiro atoms. The van der Waals surface area contributed by atoms with E-state index in [2.05, 4.69) is 15.5 Å². The van der Waals surface area contributed by atoms with Gasteiger partial charge in [0.2, 0.25) is 11.0 Å². The molecule has 0 saturated heterocycles. The topological polar surface area (TPSA) is 75.1 Å². The van der Waals surface area contributed by atoms with Crippen LogP contribution in [0.25, 0.3) is 0 Å². The number of allylic oxidation sites excluding steroid dienone is 1. The first kappa shape index (κ1) is 12.5. The van der Waals surface area contributed by atoms with Crippen molar-refractivity contribution < 1.29 is 9.90 Å². The molecule has 5 nitrogen and oxygen atoms in total. The Hall–Kier alpha value is -0.920. The minimum atomic E-state index is -0.429. The van der Waals surface area contributed by atoms with Crippen LogP contribution in [0.3, 0.4) is 0 Å². The minimum Gasteiger partial charge on any atom is -0.388 e. The lowest BCUT2D eigenvalue weighted by Gasteiger charge is -2.21. The molecule has 1 aliphatic rings. The van der Waals surface area contributed by atoms with Crippen LogP contribution in [0.1, 0.15) is 19.8 Å². The first-order valence-electron chi connectivity index (χ1n) is 5.27. The van der Waals surface area contributed by atoms with Gasteiger partial charge in [0.1, 0.15) is 0 Å². The van der Waals surface area contributed by atoms with Crippen LogP contribution in [-0.2, 0) is 4.79 Å². The number of aliphatic hydroxyl groups excluding tert-OH is 1. The fourth-order valence-corrected chi connectivity index (χ4v) is 3.66. The Labute approximate surface area is 107 Å². The summed E-state index contributed by atoms with van der Waals surface area (Å²) >= 11 is 2.84. The number of carbonyl (C=O) groups is 1. The van der Waals surface area contributed by atoms with Crippen LogP contribution in [0.2, 0.25) is 0 Å². The molecule has 2 atom stereocenters. The van der Waals surface area contributed by atoms with Crippen LogP contribution in [0.4, 0.5) is 5.13 Å². The second-order valence-electron chi connectivity index (χ2n) is 3.71. The van der Waals surface area contributed by atoms with Crippen molar-refractivity contribution in [1.29, 1.82) is 0 Å². The van der Waals surface area contributed by atoms with Crippen molar-refractivity contribution >= 4 is 34.1 Å². The second kappa shape index (κ2) is 5.61. The maximum absolute atomic E-state index is 10.8. The highest BCUT2D eigenvalue weighted by Crippen LogP contribution is 2.34. The smallest absolute Gasteiger partial charge is 0.223 e. The van der Waals surface area contributed by atoms with E-state index in [0.717, 1.165) is 17.2 Å². The van der Waals surface area contributed by atoms with Gasteiger partial charge in [0, 0.05) is 12.2 Å². The summed E-state index contributed by atoms with van der Waals surface area (Å²) in [4.78, 5) is 10.8. The number of anilines is 1. The first-order chi connectivity index (χ1) is 8.15. The molecular formula is C10H13N3O2S2. The van der Waals surface area contributed by atoms with Crippen molar-refractivity contribution in [2.45, 2.75) is 35.5 Å². The van der Waals surface area contributed by atoms with Crippen molar-refractivity contribution in [3.05, 3.63) is 12.2 Å². The van der Waals surface area contributed by atoms with Crippen molar-refractivity contribution in [1.82, 2.24) is 10.2 Å². The van der Waals surface area contributed by atoms with Crippen LogP contribution >= 0.6 is 23.1 Å². The average molecular weight is 271 g/mol. The van der Waals surface area contributed by atoms with E-state index in [1.807, 2.05) is 12.2 Å². The van der Waals surface area contributed by atoms with E-state index < -0.39 is 6.10 Å². The molecule has 0 aliphatic heterocycles. The lowest BCUT2D eigenvalue weighted by atomic mass is 10.1. The first-order valence-corrected chi connectivity index (χ1v) is 6.97. The number of aliphatic hydroxyl groups is 1. The molecular weight excluding hydrogens is 258 g/mol. The number of hydrogen-bond acceptors (Lipinski definition) is 6. The Morgan fingerprint density at radius 2 is 2.47 bits per heavy atom. The Morgan fingerprint density at radius 1 is 1.65 bits per heavy atom. The Morgan fingerprint density at radius 3 is 3.18 bits per heavy atom. The van der Waals surface area contributed by atoms with Crippen LogP contribution < -0.4 is 5.32 Å². The van der Waals surface area contributed by atoms with Crippen LogP contribution in [0, 0.1) is 0 Å². The number of hydrogen-bond donors (Lipinski definition) is 2. The van der Waals surface area contributed by atoms with E-state index in [-0.39, 0.29) is 11.2 Å². The Kier molecular flexibility index (Phi) is 4.14. The number of rotatable bonds is 3. The molecule has 7 heteroatoms. The predicted octanol–water partition coefficient (Wildman–Crippen LogP) is 1.67. The standard InChI is InChI=1S/C10H13N3O2S2/c1-6(14)11-9-12-13-10(17-9)16-8-5-3-2-4-7(8)15/h2,4,7-8,15H,3,5H2,1H3,(H,11,12,14)/t7?,8-/m1/s1. The molecule has 1 aromatic rings. The predicted molar refractivity (Wildman–Crippen MR) is 68.2 cm³/mol. The molecule has 0 bridgehead atoms. The van der Waals surface area contributed by atoms with Gasteiger partial charge in [0.15, 0.2) is 4.34 Å². The third-order valence-corrected chi connectivity index (χ3v) is 4.55. The normalized spacial score (nSPS) is 23.6. The molecule has 2 rings (SSSR count). The van der Waals surface area contributed by atoms with Gasteiger partial charge in [0.25, 0.3) is 0 Å². The van der Waals surface area contributed by atoms with Gasteiger partial charge in [-0.3, -0.25) is 4.79 Å². The van der Waals surface area contributed by atoms with Crippen LogP contribution in [0.15, 0.2) is 16.5 Å². The van der Waals surface area contributed by atoms with Crippen molar-refractivity contribution in [2.24, 2.45) is 0 Å². The quantitative estimate of drug-likeness (QED) is 0.646. The monoisotopic (exact) mass is 271 g/mol. The molecule has 1 heterocycles. The fraction of sp³-hybridized carbons (Fsp3) is 0.500. The lowest BCUT2D eigenvalue weighted by molar-refractivity contribution is -0.114. The summed E-state index contributed by atoms with van der Waals surface area (Å²) in [5.74, 6) is -0.154.